The summed E-state index contributed by atoms with van der Waals surface area (Å²) in [6, 6.07) is 6.29. The number of nitrogens with zero attached hydrogens (tertiary/aromatic N) is 3. The minimum Gasteiger partial charge on any atom is -0.216 e. The van der Waals surface area contributed by atoms with Gasteiger partial charge in [0, 0.05) is 11.1 Å². The fraction of sp³-hybridized carbons (Fsp3) is 0.143. The third-order valence-electron chi connectivity index (χ3n) is 3.14. The molecule has 0 unspecified atom stereocenters. The molecule has 0 atom stereocenters. The number of benzene rings is 1. The average Bonchev–Trinajstić information content (AvgIpc) is 2.84. The normalized spacial score (nSPS) is 11.2. The molecule has 0 aliphatic carbocycles. The van der Waals surface area contributed by atoms with Crippen LogP contribution in [0.1, 0.15) is 12.5 Å². The molecule has 20 heavy (non-hydrogen) atoms. The third-order valence-corrected chi connectivity index (χ3v) is 3.77. The van der Waals surface area contributed by atoms with Crippen LogP contribution in [0.4, 0.5) is 4.39 Å². The second-order valence-corrected chi connectivity index (χ2v) is 5.02. The van der Waals surface area contributed by atoms with Gasteiger partial charge in [-0.3, -0.25) is 0 Å². The molecule has 0 aliphatic rings. The molecule has 102 valence electrons. The average molecular weight is 310 g/mol. The van der Waals surface area contributed by atoms with Crippen molar-refractivity contribution in [2.45, 2.75) is 13.3 Å². The molecule has 0 N–H and O–H groups in total. The van der Waals surface area contributed by atoms with Crippen molar-refractivity contribution in [3.8, 4) is 11.1 Å². The zero-order valence-corrected chi connectivity index (χ0v) is 12.1. The fourth-order valence-corrected chi connectivity index (χ4v) is 2.75. The summed E-state index contributed by atoms with van der Waals surface area (Å²) >= 11 is 12.5. The van der Waals surface area contributed by atoms with Crippen LogP contribution in [0, 0.1) is 5.82 Å². The fourth-order valence-electron chi connectivity index (χ4n) is 2.11. The van der Waals surface area contributed by atoms with Gasteiger partial charge < -0.3 is 0 Å². The van der Waals surface area contributed by atoms with Crippen molar-refractivity contribution in [1.29, 1.82) is 0 Å². The highest BCUT2D eigenvalue weighted by Gasteiger charge is 2.19. The molecule has 0 radical (unpaired) electrons. The molecule has 0 fully saturated rings. The van der Waals surface area contributed by atoms with Gasteiger partial charge in [0.1, 0.15) is 16.1 Å². The van der Waals surface area contributed by atoms with Crippen LogP contribution < -0.4 is 0 Å². The molecule has 3 nitrogen and oxygen atoms in total. The van der Waals surface area contributed by atoms with Crippen molar-refractivity contribution < 1.29 is 4.39 Å². The molecule has 6 heteroatoms. The van der Waals surface area contributed by atoms with Gasteiger partial charge in [-0.15, -0.1) is 0 Å². The molecule has 2 heterocycles. The smallest absolute Gasteiger partial charge is 0.161 e. The Bertz CT molecular complexity index is 798. The Morgan fingerprint density at radius 3 is 2.70 bits per heavy atom. The third kappa shape index (κ3) is 1.96. The predicted molar refractivity (Wildman–Crippen MR) is 77.8 cm³/mol. The number of hydrogen-bond donors (Lipinski definition) is 0. The van der Waals surface area contributed by atoms with Crippen molar-refractivity contribution >= 4 is 28.8 Å². The van der Waals surface area contributed by atoms with Crippen LogP contribution in [0.5, 0.6) is 0 Å². The molecule has 0 saturated heterocycles. The first kappa shape index (κ1) is 13.3. The predicted octanol–water partition coefficient (Wildman–Crippen LogP) is 4.40. The Kier molecular flexibility index (Phi) is 3.36. The van der Waals surface area contributed by atoms with Gasteiger partial charge in [0.25, 0.3) is 0 Å². The van der Waals surface area contributed by atoms with Crippen LogP contribution >= 0.6 is 23.2 Å². The van der Waals surface area contributed by atoms with Gasteiger partial charge in [-0.1, -0.05) is 48.3 Å². The zero-order chi connectivity index (χ0) is 14.3. The molecule has 0 aliphatic heterocycles. The molecule has 0 bridgehead atoms. The van der Waals surface area contributed by atoms with E-state index in [9.17, 15) is 4.39 Å². The van der Waals surface area contributed by atoms with Crippen LogP contribution in [-0.4, -0.2) is 14.6 Å². The van der Waals surface area contributed by atoms with Gasteiger partial charge in [0.2, 0.25) is 0 Å². The summed E-state index contributed by atoms with van der Waals surface area (Å²) in [5.41, 5.74) is 2.20. The van der Waals surface area contributed by atoms with Gasteiger partial charge in [-0.05, 0) is 12.5 Å². The van der Waals surface area contributed by atoms with E-state index in [0.29, 0.717) is 16.8 Å². The van der Waals surface area contributed by atoms with E-state index in [4.69, 9.17) is 23.2 Å². The largest absolute Gasteiger partial charge is 0.216 e. The SMILES string of the molecule is CCc1cnn2c(Cl)c(-c3ccccc3F)c(Cl)nc12. The number of fused-ring (bicyclic) bond motifs is 1. The van der Waals surface area contributed by atoms with Crippen molar-refractivity contribution in [2.24, 2.45) is 0 Å². The molecule has 3 rings (SSSR count). The number of aryl methyl sites for hydroxylation is 1. The van der Waals surface area contributed by atoms with Crippen LogP contribution in [-0.2, 0) is 6.42 Å². The number of hydrogen-bond acceptors (Lipinski definition) is 2. The lowest BCUT2D eigenvalue weighted by Crippen LogP contribution is -1.99. The molecule has 0 saturated carbocycles. The second kappa shape index (κ2) is 5.04. The summed E-state index contributed by atoms with van der Waals surface area (Å²) in [5, 5.41) is 4.61. The highest BCUT2D eigenvalue weighted by Crippen LogP contribution is 2.35. The first-order valence-corrected chi connectivity index (χ1v) is 6.85. The maximum absolute atomic E-state index is 13.9. The number of halogens is 3. The molecular formula is C14H10Cl2FN3. The first-order valence-electron chi connectivity index (χ1n) is 6.10. The van der Waals surface area contributed by atoms with E-state index in [1.165, 1.54) is 10.6 Å². The number of aromatic nitrogens is 3. The zero-order valence-electron chi connectivity index (χ0n) is 10.6. The van der Waals surface area contributed by atoms with Crippen molar-refractivity contribution in [3.63, 3.8) is 0 Å². The van der Waals surface area contributed by atoms with Gasteiger partial charge >= 0.3 is 0 Å². The van der Waals surface area contributed by atoms with Gasteiger partial charge in [0.05, 0.1) is 11.8 Å². The van der Waals surface area contributed by atoms with E-state index < -0.39 is 5.82 Å². The summed E-state index contributed by atoms with van der Waals surface area (Å²) in [7, 11) is 0. The maximum Gasteiger partial charge on any atom is 0.161 e. The molecular weight excluding hydrogens is 300 g/mol. The van der Waals surface area contributed by atoms with E-state index in [1.807, 2.05) is 6.92 Å². The number of rotatable bonds is 2. The Labute approximate surface area is 125 Å². The standard InChI is InChI=1S/C14H10Cl2FN3/c1-2-8-7-18-20-13(16)11(12(15)19-14(8)20)9-5-3-4-6-10(9)17/h3-7H,2H2,1H3. The van der Waals surface area contributed by atoms with Crippen LogP contribution in [0.25, 0.3) is 16.8 Å². The van der Waals surface area contributed by atoms with E-state index in [0.717, 1.165) is 12.0 Å². The minimum absolute atomic E-state index is 0.169. The Balaban J connectivity index is 2.35. The van der Waals surface area contributed by atoms with Gasteiger partial charge in [-0.25, -0.2) is 13.9 Å². The summed E-state index contributed by atoms with van der Waals surface area (Å²) in [4.78, 5) is 4.30. The topological polar surface area (TPSA) is 30.2 Å². The van der Waals surface area contributed by atoms with Crippen molar-refractivity contribution in [3.05, 3.63) is 52.1 Å². The Hall–Kier alpha value is -1.65. The Morgan fingerprint density at radius 2 is 2.00 bits per heavy atom. The van der Waals surface area contributed by atoms with Crippen molar-refractivity contribution in [1.82, 2.24) is 14.6 Å². The van der Waals surface area contributed by atoms with Gasteiger partial charge in [-0.2, -0.15) is 5.10 Å². The van der Waals surface area contributed by atoms with E-state index in [-0.39, 0.29) is 10.3 Å². The highest BCUT2D eigenvalue weighted by molar-refractivity contribution is 6.38. The summed E-state index contributed by atoms with van der Waals surface area (Å²) < 4.78 is 15.4. The van der Waals surface area contributed by atoms with Crippen LogP contribution in [0.15, 0.2) is 30.5 Å². The second-order valence-electron chi connectivity index (χ2n) is 4.31. The van der Waals surface area contributed by atoms with E-state index >= 15 is 0 Å². The first-order chi connectivity index (χ1) is 9.63. The van der Waals surface area contributed by atoms with E-state index in [2.05, 4.69) is 10.1 Å². The summed E-state index contributed by atoms with van der Waals surface area (Å²) in [5.74, 6) is -0.402. The van der Waals surface area contributed by atoms with E-state index in [1.54, 1.807) is 24.4 Å². The lowest BCUT2D eigenvalue weighted by molar-refractivity contribution is 0.631. The minimum atomic E-state index is -0.402. The van der Waals surface area contributed by atoms with Gasteiger partial charge in [0.15, 0.2) is 5.65 Å². The maximum atomic E-state index is 13.9. The highest BCUT2D eigenvalue weighted by atomic mass is 35.5. The monoisotopic (exact) mass is 309 g/mol. The van der Waals surface area contributed by atoms with Crippen LogP contribution in [0.2, 0.25) is 10.3 Å². The molecule has 2 aromatic heterocycles. The molecule has 1 aromatic carbocycles. The Morgan fingerprint density at radius 1 is 1.25 bits per heavy atom. The molecule has 3 aromatic rings. The molecule has 0 amide bonds. The summed E-state index contributed by atoms with van der Waals surface area (Å²) in [6.07, 6.45) is 2.46. The van der Waals surface area contributed by atoms with Crippen molar-refractivity contribution in [2.75, 3.05) is 0 Å². The summed E-state index contributed by atoms with van der Waals surface area (Å²) in [6.45, 7) is 1.99. The molecule has 0 spiro atoms. The lowest BCUT2D eigenvalue weighted by Gasteiger charge is -2.09. The lowest BCUT2D eigenvalue weighted by atomic mass is 10.1. The van der Waals surface area contributed by atoms with Crippen LogP contribution in [0.3, 0.4) is 0 Å². The quantitative estimate of drug-likeness (QED) is 0.657.